The van der Waals surface area contributed by atoms with Crippen molar-refractivity contribution in [3.63, 3.8) is 0 Å². The SMILES string of the molecule is CCCCCCCCCCCCCCCCCC[P](C)(C)C.Cl. The Hall–Kier alpha value is 0.720. The molecule has 0 aromatic heterocycles. The van der Waals surface area contributed by atoms with Crippen LogP contribution in [0.3, 0.4) is 0 Å². The van der Waals surface area contributed by atoms with E-state index in [-0.39, 0.29) is 12.4 Å². The number of rotatable bonds is 17. The van der Waals surface area contributed by atoms with Crippen LogP contribution in [0.15, 0.2) is 0 Å². The van der Waals surface area contributed by atoms with Gasteiger partial charge in [0.15, 0.2) is 0 Å². The molecular weight excluding hydrogens is 319 g/mol. The first kappa shape index (κ1) is 26.0. The smallest absolute Gasteiger partial charge is 0.0366 e. The molecule has 0 saturated heterocycles. The molecule has 0 heterocycles. The van der Waals surface area contributed by atoms with Gasteiger partial charge in [0.05, 0.1) is 0 Å². The lowest BCUT2D eigenvalue weighted by atomic mass is 10.0. The Morgan fingerprint density at radius 3 is 0.957 bits per heavy atom. The highest BCUT2D eigenvalue weighted by atomic mass is 35.5. The van der Waals surface area contributed by atoms with Crippen molar-refractivity contribution in [2.45, 2.75) is 110 Å². The van der Waals surface area contributed by atoms with Crippen molar-refractivity contribution in [2.24, 2.45) is 0 Å². The third kappa shape index (κ3) is 25.1. The average molecular weight is 366 g/mol. The largest absolute Gasteiger partial charge is 0.147 e. The summed E-state index contributed by atoms with van der Waals surface area (Å²) in [4.78, 5) is 0. The Kier molecular flexibility index (Phi) is 21.5. The van der Waals surface area contributed by atoms with E-state index in [0.29, 0.717) is 0 Å². The fourth-order valence-corrected chi connectivity index (χ4v) is 4.31. The molecule has 0 amide bonds. The summed E-state index contributed by atoms with van der Waals surface area (Å²) >= 11 is 0. The minimum atomic E-state index is -0.504. The molecule has 0 spiro atoms. The zero-order valence-electron chi connectivity index (χ0n) is 16.9. The van der Waals surface area contributed by atoms with Gasteiger partial charge in [0.1, 0.15) is 0 Å². The van der Waals surface area contributed by atoms with Gasteiger partial charge in [0.25, 0.3) is 0 Å². The summed E-state index contributed by atoms with van der Waals surface area (Å²) in [5.74, 6) is 0. The Labute approximate surface area is 155 Å². The van der Waals surface area contributed by atoms with Gasteiger partial charge in [0.2, 0.25) is 0 Å². The van der Waals surface area contributed by atoms with Crippen LogP contribution >= 0.6 is 19.7 Å². The van der Waals surface area contributed by atoms with Gasteiger partial charge in [-0.1, -0.05) is 103 Å². The molecule has 0 unspecified atom stereocenters. The first-order valence-electron chi connectivity index (χ1n) is 10.4. The number of hydrogen-bond acceptors (Lipinski definition) is 0. The minimum Gasteiger partial charge on any atom is -0.147 e. The third-order valence-electron chi connectivity index (χ3n) is 4.68. The maximum Gasteiger partial charge on any atom is -0.0366 e. The molecule has 0 saturated carbocycles. The molecule has 0 aromatic carbocycles. The molecular formula is C21H47ClP. The lowest BCUT2D eigenvalue weighted by molar-refractivity contribution is 0.531. The summed E-state index contributed by atoms with van der Waals surface area (Å²) in [7, 11) is -0.504. The molecule has 0 aliphatic heterocycles. The second kappa shape index (κ2) is 19.1. The molecule has 1 radical (unpaired) electrons. The molecule has 143 valence electrons. The molecule has 0 atom stereocenters. The first-order chi connectivity index (χ1) is 10.6. The molecule has 0 rings (SSSR count). The number of hydrogen-bond donors (Lipinski definition) is 0. The van der Waals surface area contributed by atoms with Gasteiger partial charge in [0, 0.05) is 0 Å². The number of halogens is 1. The monoisotopic (exact) mass is 365 g/mol. The van der Waals surface area contributed by atoms with E-state index in [1.165, 1.54) is 109 Å². The summed E-state index contributed by atoms with van der Waals surface area (Å²) in [6.45, 7) is 9.71. The summed E-state index contributed by atoms with van der Waals surface area (Å²) in [6.07, 6.45) is 25.1. The molecule has 0 aliphatic carbocycles. The predicted octanol–water partition coefficient (Wildman–Crippen LogP) is 8.58. The van der Waals surface area contributed by atoms with Crippen molar-refractivity contribution >= 4 is 19.7 Å². The van der Waals surface area contributed by atoms with Crippen molar-refractivity contribution < 1.29 is 0 Å². The van der Waals surface area contributed by atoms with Crippen molar-refractivity contribution in [3.05, 3.63) is 0 Å². The second-order valence-electron chi connectivity index (χ2n) is 8.32. The van der Waals surface area contributed by atoms with Crippen LogP contribution in [0.1, 0.15) is 110 Å². The van der Waals surface area contributed by atoms with Crippen molar-refractivity contribution in [3.8, 4) is 0 Å². The Balaban J connectivity index is 0. The average Bonchev–Trinajstić information content (AvgIpc) is 2.45. The van der Waals surface area contributed by atoms with E-state index in [0.717, 1.165) is 0 Å². The fourth-order valence-electron chi connectivity index (χ4n) is 3.13. The Morgan fingerprint density at radius 1 is 0.435 bits per heavy atom. The van der Waals surface area contributed by atoms with Crippen LogP contribution in [-0.2, 0) is 0 Å². The zero-order chi connectivity index (χ0) is 16.5. The van der Waals surface area contributed by atoms with Gasteiger partial charge in [-0.15, -0.1) is 19.7 Å². The van der Waals surface area contributed by atoms with Crippen LogP contribution in [-0.4, -0.2) is 26.2 Å². The van der Waals surface area contributed by atoms with Gasteiger partial charge in [-0.3, -0.25) is 0 Å². The highest BCUT2D eigenvalue weighted by Crippen LogP contribution is 2.47. The molecule has 0 fully saturated rings. The van der Waals surface area contributed by atoms with Gasteiger partial charge in [-0.25, -0.2) is 0 Å². The quantitative estimate of drug-likeness (QED) is 0.179. The normalized spacial score (nSPS) is 11.5. The van der Waals surface area contributed by atoms with E-state index < -0.39 is 7.26 Å². The van der Waals surface area contributed by atoms with E-state index in [4.69, 9.17) is 0 Å². The van der Waals surface area contributed by atoms with E-state index >= 15 is 0 Å². The number of unbranched alkanes of at least 4 members (excludes halogenated alkanes) is 15. The van der Waals surface area contributed by atoms with Crippen LogP contribution in [0.5, 0.6) is 0 Å². The molecule has 0 aliphatic rings. The fraction of sp³-hybridized carbons (Fsp3) is 1.00. The molecule has 0 bridgehead atoms. The summed E-state index contributed by atoms with van der Waals surface area (Å²) < 4.78 is 0. The predicted molar refractivity (Wildman–Crippen MR) is 116 cm³/mol. The lowest BCUT2D eigenvalue weighted by Gasteiger charge is -2.20. The van der Waals surface area contributed by atoms with Crippen molar-refractivity contribution in [1.29, 1.82) is 0 Å². The summed E-state index contributed by atoms with van der Waals surface area (Å²) in [6, 6.07) is 0. The lowest BCUT2D eigenvalue weighted by Crippen LogP contribution is -1.92. The Bertz CT molecular complexity index is 210. The van der Waals surface area contributed by atoms with E-state index in [2.05, 4.69) is 26.9 Å². The van der Waals surface area contributed by atoms with Crippen LogP contribution in [0, 0.1) is 0 Å². The highest BCUT2D eigenvalue weighted by Gasteiger charge is 2.05. The highest BCUT2D eigenvalue weighted by molar-refractivity contribution is 7.73. The van der Waals surface area contributed by atoms with Crippen LogP contribution < -0.4 is 0 Å². The van der Waals surface area contributed by atoms with E-state index in [1.54, 1.807) is 0 Å². The molecule has 23 heavy (non-hydrogen) atoms. The summed E-state index contributed by atoms with van der Waals surface area (Å²) in [5.41, 5.74) is 0. The molecule has 2 heteroatoms. The van der Waals surface area contributed by atoms with Gasteiger partial charge >= 0.3 is 0 Å². The summed E-state index contributed by atoms with van der Waals surface area (Å²) in [5, 5.41) is 0. The van der Waals surface area contributed by atoms with Crippen LogP contribution in [0.2, 0.25) is 0 Å². The van der Waals surface area contributed by atoms with Crippen molar-refractivity contribution in [2.75, 3.05) is 26.2 Å². The van der Waals surface area contributed by atoms with Crippen molar-refractivity contribution in [1.82, 2.24) is 0 Å². The first-order valence-corrected chi connectivity index (χ1v) is 13.7. The standard InChI is InChI=1S/C21H46P.ClH/c1-5-6-7-8-9-10-11-12-13-14-15-16-17-18-19-20-21-22(2,3)4;/h5-21H2,1-4H3;1H. The molecule has 0 aromatic rings. The van der Waals surface area contributed by atoms with Crippen LogP contribution in [0.25, 0.3) is 0 Å². The minimum absolute atomic E-state index is 0. The maximum absolute atomic E-state index is 2.47. The topological polar surface area (TPSA) is 0 Å². The maximum atomic E-state index is 2.47. The van der Waals surface area contributed by atoms with Crippen LogP contribution in [0.4, 0.5) is 0 Å². The van der Waals surface area contributed by atoms with Gasteiger partial charge in [-0.05, 0) is 32.6 Å². The zero-order valence-corrected chi connectivity index (χ0v) is 18.6. The van der Waals surface area contributed by atoms with E-state index in [1.807, 2.05) is 0 Å². The molecule has 0 N–H and O–H groups in total. The van der Waals surface area contributed by atoms with Gasteiger partial charge < -0.3 is 0 Å². The third-order valence-corrected chi connectivity index (χ3v) is 6.34. The Morgan fingerprint density at radius 2 is 0.696 bits per heavy atom. The second-order valence-corrected chi connectivity index (χ2v) is 13.3. The molecule has 0 nitrogen and oxygen atoms in total. The van der Waals surface area contributed by atoms with E-state index in [9.17, 15) is 0 Å². The van der Waals surface area contributed by atoms with Gasteiger partial charge in [-0.2, -0.15) is 0 Å².